The Labute approximate surface area is 300 Å². The molecule has 0 aliphatic carbocycles. The number of pyridine rings is 2. The van der Waals surface area contributed by atoms with E-state index in [1.807, 2.05) is 64.6 Å². The number of aliphatic hydroxyl groups is 1. The van der Waals surface area contributed by atoms with E-state index in [4.69, 9.17) is 4.42 Å². The van der Waals surface area contributed by atoms with E-state index in [1.54, 1.807) is 12.5 Å². The van der Waals surface area contributed by atoms with Gasteiger partial charge in [-0.1, -0.05) is 91.5 Å². The van der Waals surface area contributed by atoms with Crippen LogP contribution in [-0.4, -0.2) is 15.9 Å². The summed E-state index contributed by atoms with van der Waals surface area (Å²) < 4.78 is 7.44. The Balaban J connectivity index is 0.000000301. The zero-order chi connectivity index (χ0) is 34.6. The normalized spacial score (nSPS) is 12.4. The first-order chi connectivity index (χ1) is 22.2. The van der Waals surface area contributed by atoms with Crippen LogP contribution in [0.4, 0.5) is 0 Å². The van der Waals surface area contributed by atoms with E-state index in [2.05, 4.69) is 81.3 Å². The molecule has 257 valence electrons. The van der Waals surface area contributed by atoms with Gasteiger partial charge in [-0.25, -0.2) is 0 Å². The predicted molar refractivity (Wildman–Crippen MR) is 194 cm³/mol. The van der Waals surface area contributed by atoms with Gasteiger partial charge in [0.1, 0.15) is 11.5 Å². The van der Waals surface area contributed by atoms with Crippen LogP contribution in [0.5, 0.6) is 0 Å². The minimum Gasteiger partial charge on any atom is -0.512 e. The van der Waals surface area contributed by atoms with Gasteiger partial charge in [-0.05, 0) is 54.9 Å². The smallest absolute Gasteiger partial charge is 0.164 e. The van der Waals surface area contributed by atoms with E-state index >= 15 is 0 Å². The maximum Gasteiger partial charge on any atom is 0.164 e. The van der Waals surface area contributed by atoms with Gasteiger partial charge in [0, 0.05) is 61.2 Å². The molecule has 0 saturated heterocycles. The number of carbonyl (C=O) groups is 1. The van der Waals surface area contributed by atoms with Crippen LogP contribution in [-0.2, 0) is 30.3 Å². The summed E-state index contributed by atoms with van der Waals surface area (Å²) >= 11 is 0. The minimum absolute atomic E-state index is 0. The molecule has 0 aliphatic heterocycles. The molecule has 5 rings (SSSR count). The third-order valence-corrected chi connectivity index (χ3v) is 10.2. The molecule has 1 N–H and O–H groups in total. The summed E-state index contributed by atoms with van der Waals surface area (Å²) in [6.07, 6.45) is 12.1. The van der Waals surface area contributed by atoms with E-state index in [1.165, 1.54) is 17.0 Å². The zero-order valence-corrected chi connectivity index (χ0v) is 32.4. The van der Waals surface area contributed by atoms with Crippen LogP contribution in [0.1, 0.15) is 93.6 Å². The quantitative estimate of drug-likeness (QED) is 0.0696. The molecule has 5 aromatic rings. The van der Waals surface area contributed by atoms with Crippen LogP contribution in [0.15, 0.2) is 89.6 Å². The number of hydrogen-bond acceptors (Lipinski definition) is 4. The number of benzene rings is 2. The summed E-state index contributed by atoms with van der Waals surface area (Å²) in [7, 11) is 4.22. The average molecular weight is 824 g/mol. The Morgan fingerprint density at radius 1 is 0.917 bits per heavy atom. The molecule has 0 atom stereocenters. The summed E-state index contributed by atoms with van der Waals surface area (Å²) in [5.74, 6) is 0.286. The Kier molecular flexibility index (Phi) is 12.6. The Bertz CT molecular complexity index is 1890. The Morgan fingerprint density at radius 2 is 1.56 bits per heavy atom. The van der Waals surface area contributed by atoms with Gasteiger partial charge in [0.15, 0.2) is 11.4 Å². The standard InChI is InChI=1S/C27H23N2O.C15H28O2.Ir/c1-27(2,3)24-14-20(13-18-7-5-6-8-21(18)24)25-15-19(9-11-29(25)4)23-16-28-17-26-22(23)10-12-30-26;1-7-14(5,8-2)12(16)11-13(17)15(6,9-3)10-4;/h5-12,14-17H,4H2,1-3H3;11,16H,7-10H2,1-6H3;/q-1;;/b;12-11-;. The first-order valence-corrected chi connectivity index (χ1v) is 16.8. The molecule has 0 bridgehead atoms. The van der Waals surface area contributed by atoms with Crippen LogP contribution in [0.2, 0.25) is 0 Å². The fourth-order valence-electron chi connectivity index (χ4n) is 5.72. The maximum absolute atomic E-state index is 12.2. The number of ketones is 1. The second-order valence-electron chi connectivity index (χ2n) is 14.1. The van der Waals surface area contributed by atoms with Gasteiger partial charge in [-0.2, -0.15) is 0 Å². The van der Waals surface area contributed by atoms with Crippen molar-refractivity contribution >= 4 is 27.5 Å². The van der Waals surface area contributed by atoms with Crippen LogP contribution < -0.4 is 4.57 Å². The third kappa shape index (κ3) is 8.10. The largest absolute Gasteiger partial charge is 0.512 e. The molecular formula is C42H51IrN2O3-. The maximum atomic E-state index is 12.2. The summed E-state index contributed by atoms with van der Waals surface area (Å²) in [5, 5.41) is 13.5. The molecule has 0 aliphatic rings. The fourth-order valence-corrected chi connectivity index (χ4v) is 5.72. The number of fused-ring (bicyclic) bond motifs is 2. The topological polar surface area (TPSA) is 67.2 Å². The Morgan fingerprint density at radius 3 is 2.19 bits per heavy atom. The van der Waals surface area contributed by atoms with Crippen molar-refractivity contribution in [3.05, 3.63) is 104 Å². The summed E-state index contributed by atoms with van der Waals surface area (Å²) in [4.78, 5) is 16.5. The van der Waals surface area contributed by atoms with Crippen molar-refractivity contribution in [3.63, 3.8) is 0 Å². The van der Waals surface area contributed by atoms with Crippen molar-refractivity contribution in [1.29, 1.82) is 0 Å². The van der Waals surface area contributed by atoms with Crippen molar-refractivity contribution in [2.45, 2.75) is 93.4 Å². The summed E-state index contributed by atoms with van der Waals surface area (Å²) in [5.41, 5.74) is 5.65. The van der Waals surface area contributed by atoms with Crippen LogP contribution in [0.3, 0.4) is 0 Å². The van der Waals surface area contributed by atoms with Gasteiger partial charge >= 0.3 is 0 Å². The minimum atomic E-state index is -0.337. The SMILES string of the molecule is CCC(C)(CC)C(=O)/C=C(\O)C(C)(CC)CC.[CH2-][n+]1ccc(-c2cncc3occc23)cc1-c1[c-]c2ccccc2c(C(C)(C)C)c1.[Ir]. The number of allylic oxidation sites excluding steroid dienone is 2. The Hall–Kier alpha value is -3.73. The second-order valence-corrected chi connectivity index (χ2v) is 14.1. The van der Waals surface area contributed by atoms with Crippen molar-refractivity contribution in [1.82, 2.24) is 4.98 Å². The zero-order valence-electron chi connectivity index (χ0n) is 30.0. The van der Waals surface area contributed by atoms with E-state index in [9.17, 15) is 9.90 Å². The van der Waals surface area contributed by atoms with E-state index in [0.717, 1.165) is 64.4 Å². The third-order valence-electron chi connectivity index (χ3n) is 10.2. The summed E-state index contributed by atoms with van der Waals surface area (Å²) in [6, 6.07) is 20.5. The van der Waals surface area contributed by atoms with Gasteiger partial charge in [0.05, 0.1) is 18.7 Å². The van der Waals surface area contributed by atoms with E-state index in [-0.39, 0.29) is 47.9 Å². The van der Waals surface area contributed by atoms with Crippen LogP contribution in [0, 0.1) is 23.9 Å². The van der Waals surface area contributed by atoms with Crippen molar-refractivity contribution in [2.75, 3.05) is 0 Å². The number of aliphatic hydroxyl groups excluding tert-OH is 1. The predicted octanol–water partition coefficient (Wildman–Crippen LogP) is 11.0. The van der Waals surface area contributed by atoms with E-state index < -0.39 is 0 Å². The molecule has 0 fully saturated rings. The molecule has 6 heteroatoms. The second kappa shape index (κ2) is 15.7. The average Bonchev–Trinajstić information content (AvgIpc) is 3.56. The van der Waals surface area contributed by atoms with Gasteiger partial charge < -0.3 is 14.1 Å². The number of aromatic nitrogens is 2. The molecule has 0 saturated carbocycles. The van der Waals surface area contributed by atoms with Crippen molar-refractivity contribution < 1.29 is 39.0 Å². The van der Waals surface area contributed by atoms with Gasteiger partial charge in [0.25, 0.3) is 0 Å². The molecule has 3 heterocycles. The number of hydrogen-bond donors (Lipinski definition) is 1. The van der Waals surface area contributed by atoms with Crippen molar-refractivity contribution in [2.24, 2.45) is 10.8 Å². The van der Waals surface area contributed by atoms with E-state index in [0.29, 0.717) is 0 Å². The van der Waals surface area contributed by atoms with Crippen molar-refractivity contribution in [3.8, 4) is 22.4 Å². The number of carbonyl (C=O) groups excluding carboxylic acids is 1. The number of nitrogens with zero attached hydrogens (tertiary/aromatic N) is 2. The first-order valence-electron chi connectivity index (χ1n) is 16.8. The molecular weight excluding hydrogens is 773 g/mol. The van der Waals surface area contributed by atoms with Gasteiger partial charge in [0.2, 0.25) is 0 Å². The number of furan rings is 1. The molecule has 0 spiro atoms. The molecule has 48 heavy (non-hydrogen) atoms. The monoisotopic (exact) mass is 824 g/mol. The van der Waals surface area contributed by atoms with Crippen LogP contribution in [0.25, 0.3) is 44.1 Å². The molecule has 0 unspecified atom stereocenters. The van der Waals surface area contributed by atoms with Crippen LogP contribution >= 0.6 is 0 Å². The number of rotatable bonds is 9. The first kappa shape index (κ1) is 38.7. The molecule has 2 aromatic carbocycles. The molecule has 0 amide bonds. The molecule has 3 aromatic heterocycles. The molecule has 1 radical (unpaired) electrons. The van der Waals surface area contributed by atoms with Gasteiger partial charge in [-0.3, -0.25) is 9.78 Å². The summed E-state index contributed by atoms with van der Waals surface area (Å²) in [6.45, 7) is 18.8. The molecule has 5 nitrogen and oxygen atoms in total. The fraction of sp³-hybridized carbons (Fsp3) is 0.381. The van der Waals surface area contributed by atoms with Gasteiger partial charge in [-0.15, -0.1) is 29.1 Å².